The highest BCUT2D eigenvalue weighted by molar-refractivity contribution is 5.29. The molecule has 0 bridgehead atoms. The second kappa shape index (κ2) is 5.85. The summed E-state index contributed by atoms with van der Waals surface area (Å²) in [5.41, 5.74) is 1.32. The lowest BCUT2D eigenvalue weighted by Crippen LogP contribution is -2.12. The van der Waals surface area contributed by atoms with Gasteiger partial charge in [-0.1, -0.05) is 12.1 Å². The number of hydrogen-bond donors (Lipinski definition) is 1. The molecular formula is C13H18FNO. The summed E-state index contributed by atoms with van der Waals surface area (Å²) < 4.78 is 17.3. The first-order chi connectivity index (χ1) is 7.90. The molecule has 2 rings (SSSR count). The predicted octanol–water partition coefficient (Wildman–Crippen LogP) is 2.85. The van der Waals surface area contributed by atoms with E-state index in [1.54, 1.807) is 0 Å². The zero-order valence-corrected chi connectivity index (χ0v) is 9.42. The Labute approximate surface area is 95.8 Å². The van der Waals surface area contributed by atoms with E-state index in [4.69, 9.17) is 4.74 Å². The van der Waals surface area contributed by atoms with Crippen molar-refractivity contribution < 1.29 is 9.13 Å². The van der Waals surface area contributed by atoms with Crippen LogP contribution in [0.1, 0.15) is 30.9 Å². The Kier molecular flexibility index (Phi) is 4.17. The zero-order chi connectivity index (χ0) is 11.2. The molecule has 2 nitrogen and oxygen atoms in total. The van der Waals surface area contributed by atoms with E-state index >= 15 is 0 Å². The van der Waals surface area contributed by atoms with Crippen LogP contribution >= 0.6 is 0 Å². The highest BCUT2D eigenvalue weighted by Crippen LogP contribution is 2.24. The summed E-state index contributed by atoms with van der Waals surface area (Å²) in [4.78, 5) is 0. The lowest BCUT2D eigenvalue weighted by molar-refractivity contribution is 0.289. The molecule has 0 spiro atoms. The fourth-order valence-corrected chi connectivity index (χ4v) is 2.01. The summed E-state index contributed by atoms with van der Waals surface area (Å²) in [6.45, 7) is 1.25. The second-order valence-electron chi connectivity index (χ2n) is 4.11. The number of halogens is 1. The minimum Gasteiger partial charge on any atom is -0.494 e. The third-order valence-corrected chi connectivity index (χ3v) is 2.89. The molecule has 0 radical (unpaired) electrons. The van der Waals surface area contributed by atoms with Crippen LogP contribution in [0.4, 0.5) is 4.39 Å². The Morgan fingerprint density at radius 2 is 2.12 bits per heavy atom. The van der Waals surface area contributed by atoms with Gasteiger partial charge in [-0.25, -0.2) is 0 Å². The van der Waals surface area contributed by atoms with Crippen molar-refractivity contribution in [3.63, 3.8) is 0 Å². The van der Waals surface area contributed by atoms with Crippen molar-refractivity contribution >= 4 is 0 Å². The van der Waals surface area contributed by atoms with E-state index in [9.17, 15) is 4.39 Å². The summed E-state index contributed by atoms with van der Waals surface area (Å²) in [7, 11) is 0. The maximum atomic E-state index is 11.9. The SMILES string of the molecule is FCCCOc1ccc(C2CCCN2)cc1. The van der Waals surface area contributed by atoms with Gasteiger partial charge in [0.15, 0.2) is 0 Å². The summed E-state index contributed by atoms with van der Waals surface area (Å²) in [5.74, 6) is 0.829. The van der Waals surface area contributed by atoms with Crippen LogP contribution in [0.15, 0.2) is 24.3 Å². The Morgan fingerprint density at radius 1 is 1.31 bits per heavy atom. The van der Waals surface area contributed by atoms with Gasteiger partial charge in [-0.15, -0.1) is 0 Å². The Hall–Kier alpha value is -1.09. The summed E-state index contributed by atoms with van der Waals surface area (Å²) in [6.07, 6.45) is 2.92. The number of alkyl halides is 1. The van der Waals surface area contributed by atoms with E-state index in [0.29, 0.717) is 19.1 Å². The van der Waals surface area contributed by atoms with Gasteiger partial charge in [-0.2, -0.15) is 0 Å². The number of ether oxygens (including phenoxy) is 1. The molecule has 1 atom stereocenters. The normalized spacial score (nSPS) is 19.9. The van der Waals surface area contributed by atoms with E-state index in [-0.39, 0.29) is 6.67 Å². The van der Waals surface area contributed by atoms with Crippen LogP contribution in [0.25, 0.3) is 0 Å². The minimum absolute atomic E-state index is 0.315. The van der Waals surface area contributed by atoms with Gasteiger partial charge < -0.3 is 10.1 Å². The number of rotatable bonds is 5. The van der Waals surface area contributed by atoms with Crippen LogP contribution in [-0.2, 0) is 0 Å². The summed E-state index contributed by atoms with van der Waals surface area (Å²) in [6, 6.07) is 8.61. The average molecular weight is 223 g/mol. The first-order valence-corrected chi connectivity index (χ1v) is 5.92. The van der Waals surface area contributed by atoms with Gasteiger partial charge >= 0.3 is 0 Å². The summed E-state index contributed by atoms with van der Waals surface area (Å²) in [5, 5.41) is 3.45. The molecule has 1 aliphatic heterocycles. The molecular weight excluding hydrogens is 205 g/mol. The highest BCUT2D eigenvalue weighted by Gasteiger charge is 2.15. The molecule has 0 amide bonds. The molecule has 1 unspecified atom stereocenters. The molecule has 1 fully saturated rings. The lowest BCUT2D eigenvalue weighted by Gasteiger charge is -2.11. The highest BCUT2D eigenvalue weighted by atomic mass is 19.1. The van der Waals surface area contributed by atoms with Gasteiger partial charge in [-0.3, -0.25) is 4.39 Å². The smallest absolute Gasteiger partial charge is 0.119 e. The van der Waals surface area contributed by atoms with E-state index < -0.39 is 0 Å². The first-order valence-electron chi connectivity index (χ1n) is 5.92. The number of benzene rings is 1. The molecule has 16 heavy (non-hydrogen) atoms. The fourth-order valence-electron chi connectivity index (χ4n) is 2.01. The Bertz CT molecular complexity index is 306. The van der Waals surface area contributed by atoms with Crippen molar-refractivity contribution in [2.45, 2.75) is 25.3 Å². The third kappa shape index (κ3) is 2.95. The molecule has 1 aliphatic rings. The first kappa shape index (κ1) is 11.4. The lowest BCUT2D eigenvalue weighted by atomic mass is 10.1. The molecule has 1 N–H and O–H groups in total. The van der Waals surface area contributed by atoms with Crippen LogP contribution < -0.4 is 10.1 Å². The molecule has 3 heteroatoms. The van der Waals surface area contributed by atoms with Gasteiger partial charge in [-0.05, 0) is 37.1 Å². The van der Waals surface area contributed by atoms with Crippen LogP contribution in [0.3, 0.4) is 0 Å². The standard InChI is InChI=1S/C13H18FNO/c14-8-2-10-16-12-6-4-11(5-7-12)13-3-1-9-15-13/h4-7,13,15H,1-3,8-10H2. The van der Waals surface area contributed by atoms with Crippen molar-refractivity contribution in [1.29, 1.82) is 0 Å². The van der Waals surface area contributed by atoms with Gasteiger partial charge in [0.1, 0.15) is 5.75 Å². The van der Waals surface area contributed by atoms with E-state index in [1.165, 1.54) is 18.4 Å². The van der Waals surface area contributed by atoms with Crippen molar-refractivity contribution in [3.8, 4) is 5.75 Å². The van der Waals surface area contributed by atoms with Gasteiger partial charge in [0.25, 0.3) is 0 Å². The maximum absolute atomic E-state index is 11.9. The van der Waals surface area contributed by atoms with Crippen LogP contribution in [-0.4, -0.2) is 19.8 Å². The molecule has 0 aliphatic carbocycles. The van der Waals surface area contributed by atoms with Crippen molar-refractivity contribution in [2.24, 2.45) is 0 Å². The second-order valence-corrected chi connectivity index (χ2v) is 4.11. The average Bonchev–Trinajstić information content (AvgIpc) is 2.84. The summed E-state index contributed by atoms with van der Waals surface area (Å²) >= 11 is 0. The van der Waals surface area contributed by atoms with Crippen molar-refractivity contribution in [3.05, 3.63) is 29.8 Å². The molecule has 0 aromatic heterocycles. The zero-order valence-electron chi connectivity index (χ0n) is 9.42. The number of hydrogen-bond acceptors (Lipinski definition) is 2. The number of nitrogens with one attached hydrogen (secondary N) is 1. The maximum Gasteiger partial charge on any atom is 0.119 e. The van der Waals surface area contributed by atoms with E-state index in [1.807, 2.05) is 12.1 Å². The molecule has 1 aromatic carbocycles. The van der Waals surface area contributed by atoms with Crippen LogP contribution in [0.5, 0.6) is 5.75 Å². The van der Waals surface area contributed by atoms with Crippen LogP contribution in [0.2, 0.25) is 0 Å². The predicted molar refractivity (Wildman–Crippen MR) is 62.5 cm³/mol. The molecule has 1 aromatic rings. The van der Waals surface area contributed by atoms with E-state index in [2.05, 4.69) is 17.4 Å². The van der Waals surface area contributed by atoms with Gasteiger partial charge in [0.05, 0.1) is 13.3 Å². The minimum atomic E-state index is -0.315. The topological polar surface area (TPSA) is 21.3 Å². The van der Waals surface area contributed by atoms with Crippen LogP contribution in [0, 0.1) is 0 Å². The molecule has 88 valence electrons. The van der Waals surface area contributed by atoms with Crippen molar-refractivity contribution in [2.75, 3.05) is 19.8 Å². The Balaban J connectivity index is 1.88. The van der Waals surface area contributed by atoms with Gasteiger partial charge in [0.2, 0.25) is 0 Å². The monoisotopic (exact) mass is 223 g/mol. The van der Waals surface area contributed by atoms with Crippen molar-refractivity contribution in [1.82, 2.24) is 5.32 Å². The fraction of sp³-hybridized carbons (Fsp3) is 0.538. The Morgan fingerprint density at radius 3 is 2.75 bits per heavy atom. The third-order valence-electron chi connectivity index (χ3n) is 2.89. The molecule has 1 heterocycles. The van der Waals surface area contributed by atoms with E-state index in [0.717, 1.165) is 12.3 Å². The largest absolute Gasteiger partial charge is 0.494 e. The quantitative estimate of drug-likeness (QED) is 0.775. The molecule has 0 saturated carbocycles. The van der Waals surface area contributed by atoms with Gasteiger partial charge in [0, 0.05) is 12.5 Å². The molecule has 1 saturated heterocycles.